The van der Waals surface area contributed by atoms with Crippen LogP contribution in [0.2, 0.25) is 0 Å². The number of hydrogen-bond donors (Lipinski definition) is 2. The molecule has 0 aliphatic rings. The minimum Gasteiger partial charge on any atom is -0.345 e. The smallest absolute Gasteiger partial charge is 0.294 e. The molecule has 0 amide bonds. The highest BCUT2D eigenvalue weighted by molar-refractivity contribution is 7.85. The van der Waals surface area contributed by atoms with Gasteiger partial charge in [-0.25, -0.2) is 0 Å². The predicted octanol–water partition coefficient (Wildman–Crippen LogP) is 3.59. The lowest BCUT2D eigenvalue weighted by atomic mass is 10.2. The second-order valence-corrected chi connectivity index (χ2v) is 6.35. The number of nitrogens with one attached hydrogen (secondary N) is 1. The Bertz CT molecular complexity index is 1110. The average molecular weight is 378 g/mol. The molecule has 0 spiro atoms. The highest BCUT2D eigenvalue weighted by Gasteiger charge is 2.08. The third kappa shape index (κ3) is 5.21. The number of nitriles is 3. The molecule has 0 atom stereocenters. The third-order valence-electron chi connectivity index (χ3n) is 3.14. The second kappa shape index (κ2) is 8.37. The van der Waals surface area contributed by atoms with Crippen molar-refractivity contribution in [2.45, 2.75) is 4.90 Å². The van der Waals surface area contributed by atoms with Crippen molar-refractivity contribution in [3.05, 3.63) is 59.8 Å². The molecule has 132 valence electrons. The first-order valence-corrected chi connectivity index (χ1v) is 8.62. The second-order valence-electron chi connectivity index (χ2n) is 4.93. The first-order valence-electron chi connectivity index (χ1n) is 7.18. The monoisotopic (exact) mass is 378 g/mol. The molecule has 10 heteroatoms. The lowest BCUT2D eigenvalue weighted by Gasteiger charge is -2.04. The van der Waals surface area contributed by atoms with Crippen molar-refractivity contribution < 1.29 is 13.0 Å². The molecule has 0 fully saturated rings. The topological polar surface area (TPSA) is 162 Å². The largest absolute Gasteiger partial charge is 0.345 e. The van der Waals surface area contributed by atoms with Gasteiger partial charge in [0.25, 0.3) is 10.1 Å². The molecular weight excluding hydrogens is 368 g/mol. The van der Waals surface area contributed by atoms with E-state index in [1.165, 1.54) is 24.3 Å². The van der Waals surface area contributed by atoms with Crippen molar-refractivity contribution in [1.29, 1.82) is 15.8 Å². The molecule has 0 saturated carbocycles. The summed E-state index contributed by atoms with van der Waals surface area (Å²) in [6, 6.07) is 16.5. The van der Waals surface area contributed by atoms with Gasteiger partial charge in [0.05, 0.1) is 16.3 Å². The van der Waals surface area contributed by atoms with Crippen LogP contribution in [0, 0.1) is 34.0 Å². The van der Waals surface area contributed by atoms with Gasteiger partial charge in [0, 0.05) is 5.69 Å². The summed E-state index contributed by atoms with van der Waals surface area (Å²) in [5.41, 5.74) is 0.851. The first kappa shape index (κ1) is 19.3. The van der Waals surface area contributed by atoms with Crippen LogP contribution in [0.15, 0.2) is 74.9 Å². The van der Waals surface area contributed by atoms with Crippen molar-refractivity contribution >= 4 is 27.2 Å². The SMILES string of the molecule is N#CC(C#N)=C(C#N)Nc1ccc(N=Nc2ccc(S(=O)(=O)O)cc2)cc1. The summed E-state index contributed by atoms with van der Waals surface area (Å²) in [4.78, 5) is -0.243. The molecule has 0 aliphatic heterocycles. The van der Waals surface area contributed by atoms with E-state index >= 15 is 0 Å². The van der Waals surface area contributed by atoms with Crippen LogP contribution in [0.4, 0.5) is 17.1 Å². The molecule has 27 heavy (non-hydrogen) atoms. The molecule has 2 N–H and O–H groups in total. The number of benzene rings is 2. The van der Waals surface area contributed by atoms with Gasteiger partial charge in [-0.3, -0.25) is 4.55 Å². The van der Waals surface area contributed by atoms with E-state index in [0.29, 0.717) is 17.1 Å². The third-order valence-corrected chi connectivity index (χ3v) is 4.01. The number of rotatable bonds is 5. The minimum atomic E-state index is -4.26. The highest BCUT2D eigenvalue weighted by atomic mass is 32.2. The molecule has 2 rings (SSSR count). The Morgan fingerprint density at radius 3 is 1.74 bits per heavy atom. The maximum atomic E-state index is 11.0. The lowest BCUT2D eigenvalue weighted by molar-refractivity contribution is 0.483. The Labute approximate surface area is 154 Å². The van der Waals surface area contributed by atoms with Gasteiger partial charge in [0.15, 0.2) is 5.57 Å². The maximum Gasteiger partial charge on any atom is 0.294 e. The van der Waals surface area contributed by atoms with E-state index in [0.717, 1.165) is 0 Å². The standard InChI is InChI=1S/C17H10N6O3S/c18-9-12(10-19)17(11-20)21-13-1-3-14(4-2-13)22-23-15-5-7-16(8-6-15)27(24,25)26/h1-8,21H,(H,24,25,26). The van der Waals surface area contributed by atoms with Gasteiger partial charge in [0.2, 0.25) is 0 Å². The van der Waals surface area contributed by atoms with Gasteiger partial charge in [-0.05, 0) is 48.5 Å². The Morgan fingerprint density at radius 1 is 0.852 bits per heavy atom. The fourth-order valence-electron chi connectivity index (χ4n) is 1.84. The van der Waals surface area contributed by atoms with Gasteiger partial charge in [-0.15, -0.1) is 0 Å². The van der Waals surface area contributed by atoms with Crippen molar-refractivity contribution in [3.8, 4) is 18.2 Å². The average Bonchev–Trinajstić information content (AvgIpc) is 2.67. The van der Waals surface area contributed by atoms with Crippen LogP contribution < -0.4 is 5.32 Å². The molecule has 0 heterocycles. The number of anilines is 1. The minimum absolute atomic E-state index is 0.159. The van der Waals surface area contributed by atoms with E-state index in [9.17, 15) is 8.42 Å². The van der Waals surface area contributed by atoms with Crippen molar-refractivity contribution in [2.24, 2.45) is 10.2 Å². The predicted molar refractivity (Wildman–Crippen MR) is 94.4 cm³/mol. The molecule has 0 radical (unpaired) electrons. The zero-order chi connectivity index (χ0) is 19.9. The van der Waals surface area contributed by atoms with Crippen LogP contribution >= 0.6 is 0 Å². The Balaban J connectivity index is 2.13. The fraction of sp³-hybridized carbons (Fsp3) is 0. The van der Waals surface area contributed by atoms with E-state index in [1.54, 1.807) is 42.5 Å². The number of hydrogen-bond acceptors (Lipinski definition) is 8. The quantitative estimate of drug-likeness (QED) is 0.456. The maximum absolute atomic E-state index is 11.0. The van der Waals surface area contributed by atoms with Gasteiger partial charge >= 0.3 is 0 Å². The van der Waals surface area contributed by atoms with E-state index in [1.807, 2.05) is 0 Å². The van der Waals surface area contributed by atoms with Gasteiger partial charge in [-0.2, -0.15) is 34.4 Å². The summed E-state index contributed by atoms with van der Waals surface area (Å²) in [5.74, 6) is 0. The first-order chi connectivity index (χ1) is 12.9. The molecular formula is C17H10N6O3S. The zero-order valence-electron chi connectivity index (χ0n) is 13.5. The highest BCUT2D eigenvalue weighted by Crippen LogP contribution is 2.22. The fourth-order valence-corrected chi connectivity index (χ4v) is 2.32. The number of allylic oxidation sites excluding steroid dienone is 2. The zero-order valence-corrected chi connectivity index (χ0v) is 14.3. The Hall–Kier alpha value is -4.04. The molecule has 0 unspecified atom stereocenters. The summed E-state index contributed by atoms with van der Waals surface area (Å²) < 4.78 is 30.9. The van der Waals surface area contributed by atoms with E-state index in [-0.39, 0.29) is 16.2 Å². The molecule has 0 bridgehead atoms. The molecule has 2 aromatic rings. The summed E-state index contributed by atoms with van der Waals surface area (Å²) >= 11 is 0. The van der Waals surface area contributed by atoms with E-state index in [2.05, 4.69) is 15.5 Å². The Morgan fingerprint density at radius 2 is 1.33 bits per heavy atom. The molecule has 0 saturated heterocycles. The lowest BCUT2D eigenvalue weighted by Crippen LogP contribution is -2.00. The number of azo groups is 1. The summed E-state index contributed by atoms with van der Waals surface area (Å²) in [6.07, 6.45) is 0. The van der Waals surface area contributed by atoms with Gasteiger partial charge in [-0.1, -0.05) is 0 Å². The molecule has 9 nitrogen and oxygen atoms in total. The number of nitrogens with zero attached hydrogens (tertiary/aromatic N) is 5. The molecule has 2 aromatic carbocycles. The van der Waals surface area contributed by atoms with Gasteiger partial charge < -0.3 is 5.32 Å². The van der Waals surface area contributed by atoms with Crippen LogP contribution in [0.25, 0.3) is 0 Å². The summed E-state index contributed by atoms with van der Waals surface area (Å²) in [5, 5.41) is 37.2. The van der Waals surface area contributed by atoms with Gasteiger partial charge in [0.1, 0.15) is 23.9 Å². The van der Waals surface area contributed by atoms with E-state index in [4.69, 9.17) is 20.3 Å². The van der Waals surface area contributed by atoms with Crippen LogP contribution in [0.3, 0.4) is 0 Å². The normalized spacial score (nSPS) is 10.4. The molecule has 0 aliphatic carbocycles. The van der Waals surface area contributed by atoms with E-state index < -0.39 is 10.1 Å². The van der Waals surface area contributed by atoms with Crippen molar-refractivity contribution in [3.63, 3.8) is 0 Å². The summed E-state index contributed by atoms with van der Waals surface area (Å²) in [7, 11) is -4.26. The Kier molecular flexibility index (Phi) is 5.98. The van der Waals surface area contributed by atoms with Crippen molar-refractivity contribution in [1.82, 2.24) is 0 Å². The van der Waals surface area contributed by atoms with Crippen LogP contribution in [-0.4, -0.2) is 13.0 Å². The van der Waals surface area contributed by atoms with Crippen LogP contribution in [-0.2, 0) is 10.1 Å². The molecule has 0 aromatic heterocycles. The summed E-state index contributed by atoms with van der Waals surface area (Å²) in [6.45, 7) is 0. The van der Waals surface area contributed by atoms with Crippen LogP contribution in [0.5, 0.6) is 0 Å². The van der Waals surface area contributed by atoms with Crippen molar-refractivity contribution in [2.75, 3.05) is 5.32 Å². The van der Waals surface area contributed by atoms with Crippen LogP contribution in [0.1, 0.15) is 0 Å².